The Bertz CT molecular complexity index is 639. The van der Waals surface area contributed by atoms with Crippen LogP contribution in [0, 0.1) is 0 Å². The molecule has 1 aromatic carbocycles. The number of rotatable bonds is 11. The third-order valence-corrected chi connectivity index (χ3v) is 5.66. The van der Waals surface area contributed by atoms with E-state index in [9.17, 15) is 14.4 Å². The van der Waals surface area contributed by atoms with E-state index in [1.165, 1.54) is 25.1 Å². The standard InChI is InChI=1S/C16H21N2O7.Hg/c1-10(24-6-5-19)8-17-16(23)13-4-3-12(18-11(2)20)7-14(13)25-9-15(21)22;/h3-4,7,10,19H,1,5-6,8-9H2,2H3,(H,17,23)(H,18,20)(H,21,22);. The topological polar surface area (TPSA) is 134 Å². The van der Waals surface area contributed by atoms with Gasteiger partial charge < -0.3 is 0 Å². The van der Waals surface area contributed by atoms with Crippen molar-refractivity contribution in [3.8, 4) is 5.75 Å². The van der Waals surface area contributed by atoms with Gasteiger partial charge in [-0.15, -0.1) is 0 Å². The number of carboxylic acids is 1. The van der Waals surface area contributed by atoms with Gasteiger partial charge in [0.05, 0.1) is 0 Å². The molecule has 10 heteroatoms. The minimum atomic E-state index is -1.18. The maximum atomic E-state index is 12.4. The van der Waals surface area contributed by atoms with Crippen LogP contribution in [0.2, 0.25) is 3.93 Å². The van der Waals surface area contributed by atoms with E-state index in [1.54, 1.807) is 0 Å². The van der Waals surface area contributed by atoms with E-state index < -0.39 is 18.5 Å². The van der Waals surface area contributed by atoms with E-state index in [0.29, 0.717) is 31.8 Å². The molecule has 0 aromatic heterocycles. The summed E-state index contributed by atoms with van der Waals surface area (Å²) >= 11 is 0.471. The van der Waals surface area contributed by atoms with Crippen LogP contribution in [0.15, 0.2) is 18.2 Å². The molecular formula is C16H21HgN2O7. The van der Waals surface area contributed by atoms with Crippen molar-refractivity contribution in [2.75, 3.05) is 31.7 Å². The zero-order chi connectivity index (χ0) is 19.5. The zero-order valence-electron chi connectivity index (χ0n) is 14.5. The molecule has 1 aromatic rings. The number of carboxylic acid groups (broad SMARTS) is 1. The second-order valence-corrected chi connectivity index (χ2v) is 7.53. The van der Waals surface area contributed by atoms with Crippen LogP contribution in [0.4, 0.5) is 5.69 Å². The molecule has 0 saturated carbocycles. The molecule has 9 nitrogen and oxygen atoms in total. The monoisotopic (exact) mass is 555 g/mol. The first-order valence-electron chi connectivity index (χ1n) is 7.93. The molecule has 0 spiro atoms. The Kier molecular flexibility index (Phi) is 10.1. The van der Waals surface area contributed by atoms with E-state index in [1.807, 2.05) is 0 Å². The van der Waals surface area contributed by atoms with Crippen LogP contribution in [-0.4, -0.2) is 60.5 Å². The van der Waals surface area contributed by atoms with Gasteiger partial charge in [0, 0.05) is 0 Å². The summed E-state index contributed by atoms with van der Waals surface area (Å²) in [5.41, 5.74) is 0.542. The van der Waals surface area contributed by atoms with Crippen LogP contribution in [0.25, 0.3) is 0 Å². The molecule has 0 saturated heterocycles. The molecule has 0 heterocycles. The second kappa shape index (κ2) is 11.8. The number of benzene rings is 1. The van der Waals surface area contributed by atoms with Crippen molar-refractivity contribution in [3.05, 3.63) is 23.8 Å². The Morgan fingerprint density at radius 2 is 2.04 bits per heavy atom. The van der Waals surface area contributed by atoms with Crippen LogP contribution < -0.4 is 15.4 Å². The van der Waals surface area contributed by atoms with Gasteiger partial charge in [-0.05, 0) is 0 Å². The molecule has 0 aliphatic carbocycles. The van der Waals surface area contributed by atoms with E-state index >= 15 is 0 Å². The van der Waals surface area contributed by atoms with Crippen LogP contribution in [-0.2, 0) is 40.4 Å². The average molecular weight is 554 g/mol. The number of ether oxygens (including phenoxy) is 2. The fraction of sp³-hybridized carbons (Fsp3) is 0.438. The van der Waals surface area contributed by atoms with Gasteiger partial charge >= 0.3 is 167 Å². The van der Waals surface area contributed by atoms with Gasteiger partial charge in [-0.3, -0.25) is 0 Å². The molecular weight excluding hydrogens is 533 g/mol. The summed E-state index contributed by atoms with van der Waals surface area (Å²) < 4.78 is 11.4. The van der Waals surface area contributed by atoms with E-state index in [0.717, 1.165) is 3.93 Å². The molecule has 4 N–H and O–H groups in total. The Morgan fingerprint density at radius 3 is 2.62 bits per heavy atom. The quantitative estimate of drug-likeness (QED) is 0.287. The summed E-state index contributed by atoms with van der Waals surface area (Å²) in [6, 6.07) is 4.37. The number of aliphatic hydroxyl groups excluding tert-OH is 1. The Hall–Kier alpha value is -1.71. The Labute approximate surface area is 167 Å². The number of anilines is 1. The van der Waals surface area contributed by atoms with Crippen molar-refractivity contribution in [2.45, 2.75) is 17.0 Å². The van der Waals surface area contributed by atoms with Gasteiger partial charge in [0.15, 0.2) is 0 Å². The van der Waals surface area contributed by atoms with E-state index in [4.69, 9.17) is 19.7 Å². The summed E-state index contributed by atoms with van der Waals surface area (Å²) in [6.07, 6.45) is -0.170. The average Bonchev–Trinajstić information content (AvgIpc) is 2.59. The van der Waals surface area contributed by atoms with Crippen LogP contribution in [0.1, 0.15) is 17.3 Å². The summed E-state index contributed by atoms with van der Waals surface area (Å²) in [7, 11) is 0. The van der Waals surface area contributed by atoms with Crippen molar-refractivity contribution in [2.24, 2.45) is 0 Å². The van der Waals surface area contributed by atoms with Crippen LogP contribution in [0.3, 0.4) is 0 Å². The molecule has 0 radical (unpaired) electrons. The van der Waals surface area contributed by atoms with Crippen molar-refractivity contribution >= 4 is 23.5 Å². The zero-order valence-corrected chi connectivity index (χ0v) is 20.0. The summed E-state index contributed by atoms with van der Waals surface area (Å²) in [5.74, 6) is -1.88. The first kappa shape index (κ1) is 22.3. The molecule has 1 rings (SSSR count). The number of hydrogen-bond donors (Lipinski definition) is 4. The van der Waals surface area contributed by atoms with Gasteiger partial charge in [0.25, 0.3) is 0 Å². The minimum absolute atomic E-state index is 0.0543. The number of aliphatic hydroxyl groups is 1. The van der Waals surface area contributed by atoms with Crippen molar-refractivity contribution in [1.82, 2.24) is 5.32 Å². The van der Waals surface area contributed by atoms with Gasteiger partial charge in [-0.2, -0.15) is 0 Å². The molecule has 0 fully saturated rings. The van der Waals surface area contributed by atoms with Crippen molar-refractivity contribution in [1.29, 1.82) is 0 Å². The normalized spacial score (nSPS) is 11.5. The SMILES string of the molecule is CC(=O)Nc1ccc(C(=O)NCC([CH2][Hg])OCCO)c(OCC(=O)O)c1. The fourth-order valence-corrected chi connectivity index (χ4v) is 3.46. The predicted molar refractivity (Wildman–Crippen MR) is 87.8 cm³/mol. The third kappa shape index (κ3) is 8.11. The molecule has 0 aliphatic heterocycles. The number of carbonyl (C=O) groups excluding carboxylic acids is 2. The van der Waals surface area contributed by atoms with E-state index in [2.05, 4.69) is 10.6 Å². The van der Waals surface area contributed by atoms with Crippen LogP contribution >= 0.6 is 0 Å². The number of nitrogens with one attached hydrogen (secondary N) is 2. The van der Waals surface area contributed by atoms with E-state index in [-0.39, 0.29) is 43.1 Å². The summed E-state index contributed by atoms with van der Waals surface area (Å²) in [6.45, 7) is 1.11. The molecule has 2 amide bonds. The Balaban J connectivity index is 2.87. The van der Waals surface area contributed by atoms with Crippen LogP contribution in [0.5, 0.6) is 5.75 Å². The molecule has 0 bridgehead atoms. The molecule has 1 unspecified atom stereocenters. The first-order valence-corrected chi connectivity index (χ1v) is 11.8. The van der Waals surface area contributed by atoms with Gasteiger partial charge in [0.2, 0.25) is 0 Å². The number of amides is 2. The summed E-state index contributed by atoms with van der Waals surface area (Å²) in [5, 5.41) is 22.9. The Morgan fingerprint density at radius 1 is 1.31 bits per heavy atom. The third-order valence-electron chi connectivity index (χ3n) is 3.15. The number of aliphatic carboxylic acids is 1. The van der Waals surface area contributed by atoms with Gasteiger partial charge in [0.1, 0.15) is 0 Å². The van der Waals surface area contributed by atoms with Gasteiger partial charge in [-0.1, -0.05) is 0 Å². The van der Waals surface area contributed by atoms with Gasteiger partial charge in [-0.25, -0.2) is 0 Å². The molecule has 0 aliphatic rings. The number of hydrogen-bond acceptors (Lipinski definition) is 6. The molecule has 139 valence electrons. The first-order chi connectivity index (χ1) is 12.4. The molecule has 26 heavy (non-hydrogen) atoms. The number of carbonyl (C=O) groups is 3. The van der Waals surface area contributed by atoms with Crippen molar-refractivity contribution in [3.63, 3.8) is 0 Å². The predicted octanol–water partition coefficient (Wildman–Crippen LogP) is 0.181. The fourth-order valence-electron chi connectivity index (χ4n) is 2.02. The molecule has 1 atom stereocenters. The van der Waals surface area contributed by atoms with Crippen molar-refractivity contribution < 1.29 is 60.2 Å². The summed E-state index contributed by atoms with van der Waals surface area (Å²) in [4.78, 5) is 34.3. The second-order valence-electron chi connectivity index (χ2n) is 5.29. The maximum absolute atomic E-state index is 12.4.